The van der Waals surface area contributed by atoms with Crippen LogP contribution in [0.4, 0.5) is 0 Å². The maximum atomic E-state index is 5.53. The molecule has 6 heteroatoms. The van der Waals surface area contributed by atoms with Gasteiger partial charge in [-0.15, -0.1) is 0 Å². The number of hydrogen-bond donors (Lipinski definition) is 2. The average molecular weight is 332 g/mol. The minimum Gasteiger partial charge on any atom is -0.444 e. The van der Waals surface area contributed by atoms with Crippen molar-refractivity contribution in [2.45, 2.75) is 19.4 Å². The van der Waals surface area contributed by atoms with Gasteiger partial charge in [0, 0.05) is 19.2 Å². The minimum absolute atomic E-state index is 0.584. The summed E-state index contributed by atoms with van der Waals surface area (Å²) < 4.78 is 5.53. The summed E-state index contributed by atoms with van der Waals surface area (Å²) in [7, 11) is 1.77. The molecule has 0 atom stereocenters. The molecule has 0 spiro atoms. The molecule has 0 radical (unpaired) electrons. The fourth-order valence-electron chi connectivity index (χ4n) is 2.07. The third kappa shape index (κ3) is 5.98. The maximum Gasteiger partial charge on any atom is 0.226 e. The van der Waals surface area contributed by atoms with Gasteiger partial charge in [-0.2, -0.15) is 11.8 Å². The number of aromatic nitrogens is 1. The molecule has 0 saturated heterocycles. The highest BCUT2D eigenvalue weighted by atomic mass is 32.2. The summed E-state index contributed by atoms with van der Waals surface area (Å²) in [5, 5.41) is 6.56. The fraction of sp³-hybridized carbons (Fsp3) is 0.412. The third-order valence-electron chi connectivity index (χ3n) is 3.30. The number of nitrogens with one attached hydrogen (secondary N) is 2. The molecule has 0 unspecified atom stereocenters. The zero-order chi connectivity index (χ0) is 16.3. The summed E-state index contributed by atoms with van der Waals surface area (Å²) >= 11 is 1.88. The van der Waals surface area contributed by atoms with E-state index in [9.17, 15) is 0 Å². The number of thioether (sulfide) groups is 1. The van der Waals surface area contributed by atoms with Gasteiger partial charge in [0.05, 0.1) is 12.2 Å². The largest absolute Gasteiger partial charge is 0.444 e. The lowest BCUT2D eigenvalue weighted by molar-refractivity contribution is 0.572. The van der Waals surface area contributed by atoms with E-state index in [1.807, 2.05) is 42.1 Å². The summed E-state index contributed by atoms with van der Waals surface area (Å²) in [6.07, 6.45) is 6.18. The van der Waals surface area contributed by atoms with Crippen LogP contribution >= 0.6 is 11.8 Å². The molecule has 0 amide bonds. The van der Waals surface area contributed by atoms with Gasteiger partial charge in [-0.3, -0.25) is 4.99 Å². The molecule has 23 heavy (non-hydrogen) atoms. The Balaban J connectivity index is 1.77. The van der Waals surface area contributed by atoms with E-state index >= 15 is 0 Å². The highest BCUT2D eigenvalue weighted by molar-refractivity contribution is 7.98. The Hall–Kier alpha value is -1.95. The predicted molar refractivity (Wildman–Crippen MR) is 97.8 cm³/mol. The van der Waals surface area contributed by atoms with E-state index in [2.05, 4.69) is 26.9 Å². The van der Waals surface area contributed by atoms with Gasteiger partial charge >= 0.3 is 0 Å². The van der Waals surface area contributed by atoms with Gasteiger partial charge in [0.15, 0.2) is 5.96 Å². The Morgan fingerprint density at radius 1 is 1.22 bits per heavy atom. The van der Waals surface area contributed by atoms with Crippen LogP contribution in [0.2, 0.25) is 0 Å². The van der Waals surface area contributed by atoms with Gasteiger partial charge in [-0.1, -0.05) is 18.2 Å². The van der Waals surface area contributed by atoms with E-state index in [1.54, 1.807) is 13.3 Å². The molecule has 1 heterocycles. The number of aliphatic imine (C=N–C) groups is 1. The molecular weight excluding hydrogens is 308 g/mol. The first kappa shape index (κ1) is 17.4. The van der Waals surface area contributed by atoms with E-state index in [4.69, 9.17) is 4.42 Å². The van der Waals surface area contributed by atoms with Crippen LogP contribution in [0, 0.1) is 0 Å². The number of oxazole rings is 1. The molecule has 0 aliphatic heterocycles. The predicted octanol–water partition coefficient (Wildman–Crippen LogP) is 3.15. The van der Waals surface area contributed by atoms with Crippen molar-refractivity contribution < 1.29 is 4.42 Å². The molecule has 2 rings (SSSR count). The molecule has 0 aliphatic carbocycles. The second kappa shape index (κ2) is 9.94. The van der Waals surface area contributed by atoms with Crippen molar-refractivity contribution >= 4 is 17.7 Å². The van der Waals surface area contributed by atoms with E-state index in [-0.39, 0.29) is 0 Å². The molecular formula is C17H24N4OS. The Bertz CT molecular complexity index is 598. The molecule has 2 aromatic rings. The monoisotopic (exact) mass is 332 g/mol. The summed E-state index contributed by atoms with van der Waals surface area (Å²) in [4.78, 5) is 8.71. The minimum atomic E-state index is 0.584. The Kier molecular flexibility index (Phi) is 7.52. The first-order valence-electron chi connectivity index (χ1n) is 7.76. The lowest BCUT2D eigenvalue weighted by Gasteiger charge is -2.10. The third-order valence-corrected chi connectivity index (χ3v) is 4.00. The van der Waals surface area contributed by atoms with Gasteiger partial charge in [0.25, 0.3) is 0 Å². The number of benzene rings is 1. The van der Waals surface area contributed by atoms with Gasteiger partial charge in [-0.25, -0.2) is 4.98 Å². The van der Waals surface area contributed by atoms with Crippen LogP contribution in [0.25, 0.3) is 11.5 Å². The van der Waals surface area contributed by atoms with Crippen molar-refractivity contribution in [3.8, 4) is 11.5 Å². The van der Waals surface area contributed by atoms with Crippen LogP contribution < -0.4 is 10.6 Å². The highest BCUT2D eigenvalue weighted by Crippen LogP contribution is 2.17. The lowest BCUT2D eigenvalue weighted by atomic mass is 10.2. The van der Waals surface area contributed by atoms with Crippen LogP contribution in [0.5, 0.6) is 0 Å². The molecule has 0 bridgehead atoms. The number of unbranched alkanes of at least 4 members (excludes halogenated alkanes) is 1. The van der Waals surface area contributed by atoms with Crippen molar-refractivity contribution in [1.29, 1.82) is 0 Å². The normalized spacial score (nSPS) is 11.5. The summed E-state index contributed by atoms with van der Waals surface area (Å²) in [6.45, 7) is 1.51. The molecule has 1 aromatic carbocycles. The molecule has 124 valence electrons. The molecule has 2 N–H and O–H groups in total. The second-order valence-corrected chi connectivity index (χ2v) is 6.05. The Morgan fingerprint density at radius 3 is 2.78 bits per heavy atom. The van der Waals surface area contributed by atoms with Crippen molar-refractivity contribution in [2.75, 3.05) is 25.6 Å². The number of guanidine groups is 1. The van der Waals surface area contributed by atoms with E-state index < -0.39 is 0 Å². The highest BCUT2D eigenvalue weighted by Gasteiger charge is 2.06. The van der Waals surface area contributed by atoms with Gasteiger partial charge in [0.2, 0.25) is 5.89 Å². The Morgan fingerprint density at radius 2 is 2.04 bits per heavy atom. The number of nitrogens with zero attached hydrogens (tertiary/aromatic N) is 2. The van der Waals surface area contributed by atoms with Gasteiger partial charge in [-0.05, 0) is 37.0 Å². The van der Waals surface area contributed by atoms with Crippen LogP contribution in [-0.4, -0.2) is 36.5 Å². The first-order chi connectivity index (χ1) is 11.3. The smallest absolute Gasteiger partial charge is 0.226 e. The van der Waals surface area contributed by atoms with Crippen molar-refractivity contribution in [3.63, 3.8) is 0 Å². The quantitative estimate of drug-likeness (QED) is 0.442. The summed E-state index contributed by atoms with van der Waals surface area (Å²) in [5.41, 5.74) is 1.84. The van der Waals surface area contributed by atoms with Crippen LogP contribution in [0.1, 0.15) is 18.5 Å². The zero-order valence-corrected chi connectivity index (χ0v) is 14.5. The number of rotatable bonds is 8. The molecule has 0 aliphatic rings. The molecule has 1 aromatic heterocycles. The van der Waals surface area contributed by atoms with Gasteiger partial charge in [0.1, 0.15) is 6.26 Å². The van der Waals surface area contributed by atoms with Gasteiger partial charge < -0.3 is 15.1 Å². The second-order valence-electron chi connectivity index (χ2n) is 5.06. The summed E-state index contributed by atoms with van der Waals surface area (Å²) in [6, 6.07) is 9.89. The standard InChI is InChI=1S/C17H24N4OS/c1-18-17(19-10-6-7-11-23-2)20-12-15-13-22-16(21-15)14-8-4-3-5-9-14/h3-5,8-9,13H,6-7,10-12H2,1-2H3,(H2,18,19,20). The topological polar surface area (TPSA) is 62.5 Å². The SMILES string of the molecule is CN=C(NCCCCSC)NCc1coc(-c2ccccc2)n1. The van der Waals surface area contributed by atoms with E-state index in [1.165, 1.54) is 12.2 Å². The first-order valence-corrected chi connectivity index (χ1v) is 9.16. The number of hydrogen-bond acceptors (Lipinski definition) is 4. The van der Waals surface area contributed by atoms with Crippen molar-refractivity contribution in [3.05, 3.63) is 42.3 Å². The Labute approximate surface area is 142 Å². The molecule has 0 fully saturated rings. The fourth-order valence-corrected chi connectivity index (χ4v) is 2.57. The molecule has 0 saturated carbocycles. The van der Waals surface area contributed by atoms with E-state index in [0.29, 0.717) is 12.4 Å². The molecule has 5 nitrogen and oxygen atoms in total. The summed E-state index contributed by atoms with van der Waals surface area (Å²) in [5.74, 6) is 2.63. The van der Waals surface area contributed by atoms with Crippen LogP contribution in [0.15, 0.2) is 46.0 Å². The zero-order valence-electron chi connectivity index (χ0n) is 13.7. The van der Waals surface area contributed by atoms with E-state index in [0.717, 1.165) is 30.2 Å². The van der Waals surface area contributed by atoms with Crippen molar-refractivity contribution in [1.82, 2.24) is 15.6 Å². The van der Waals surface area contributed by atoms with Crippen molar-refractivity contribution in [2.24, 2.45) is 4.99 Å². The van der Waals surface area contributed by atoms with Crippen LogP contribution in [0.3, 0.4) is 0 Å². The average Bonchev–Trinajstić information content (AvgIpc) is 3.07. The maximum absolute atomic E-state index is 5.53. The van der Waals surface area contributed by atoms with Crippen LogP contribution in [-0.2, 0) is 6.54 Å². The lowest BCUT2D eigenvalue weighted by Crippen LogP contribution is -2.37.